The highest BCUT2D eigenvalue weighted by atomic mass is 32.2. The van der Waals surface area contributed by atoms with E-state index in [2.05, 4.69) is 61.9 Å². The third-order valence-corrected chi connectivity index (χ3v) is 4.38. The van der Waals surface area contributed by atoms with Crippen molar-refractivity contribution in [1.82, 2.24) is 9.97 Å². The van der Waals surface area contributed by atoms with Gasteiger partial charge in [-0.1, -0.05) is 45.1 Å². The van der Waals surface area contributed by atoms with Crippen LogP contribution >= 0.6 is 24.0 Å². The summed E-state index contributed by atoms with van der Waals surface area (Å²) in [5.74, 6) is 2.33. The Hall–Kier alpha value is -1.13. The van der Waals surface area contributed by atoms with Crippen molar-refractivity contribution in [2.75, 3.05) is 5.75 Å². The molecule has 0 radical (unpaired) electrons. The molecule has 2 aromatic rings. The maximum Gasteiger partial charge on any atom is 0.139 e. The van der Waals surface area contributed by atoms with Gasteiger partial charge in [0.2, 0.25) is 0 Å². The van der Waals surface area contributed by atoms with Gasteiger partial charge in [0, 0.05) is 21.7 Å². The van der Waals surface area contributed by atoms with Crippen LogP contribution in [0.4, 0.5) is 0 Å². The zero-order valence-corrected chi connectivity index (χ0v) is 14.0. The Kier molecular flexibility index (Phi) is 5.00. The fourth-order valence-corrected chi connectivity index (χ4v) is 3.43. The molecule has 2 rings (SSSR count). The Morgan fingerprint density at radius 1 is 1.25 bits per heavy atom. The van der Waals surface area contributed by atoms with E-state index in [1.807, 2.05) is 11.8 Å². The van der Waals surface area contributed by atoms with Gasteiger partial charge < -0.3 is 4.98 Å². The molecular formula is C16H20N2S2. The van der Waals surface area contributed by atoms with E-state index in [0.29, 0.717) is 10.6 Å². The smallest absolute Gasteiger partial charge is 0.139 e. The van der Waals surface area contributed by atoms with E-state index in [9.17, 15) is 0 Å². The molecule has 1 heterocycles. The summed E-state index contributed by atoms with van der Waals surface area (Å²) in [5.41, 5.74) is 3.33. The molecule has 106 valence electrons. The minimum Gasteiger partial charge on any atom is -0.343 e. The second-order valence-corrected chi connectivity index (χ2v) is 6.77. The summed E-state index contributed by atoms with van der Waals surface area (Å²) in [4.78, 5) is 9.22. The Labute approximate surface area is 130 Å². The van der Waals surface area contributed by atoms with Crippen molar-refractivity contribution in [2.24, 2.45) is 0 Å². The minimum absolute atomic E-state index is 0.392. The Bertz CT molecular complexity index is 643. The van der Waals surface area contributed by atoms with Crippen molar-refractivity contribution in [1.29, 1.82) is 0 Å². The van der Waals surface area contributed by atoms with E-state index in [1.165, 1.54) is 4.90 Å². The van der Waals surface area contributed by atoms with Crippen molar-refractivity contribution >= 4 is 24.0 Å². The largest absolute Gasteiger partial charge is 0.343 e. The number of aromatic nitrogens is 2. The van der Waals surface area contributed by atoms with Gasteiger partial charge in [-0.25, -0.2) is 4.98 Å². The number of thioether (sulfide) groups is 1. The molecule has 0 saturated heterocycles. The molecule has 0 aliphatic rings. The fourth-order valence-electron chi connectivity index (χ4n) is 2.29. The number of H-pyrrole nitrogens is 1. The summed E-state index contributed by atoms with van der Waals surface area (Å²) < 4.78 is 0.707. The SMILES string of the molecule is CCSc1ccc(-c2nc(=S)c(C(C)C)c(C)[nH]2)cc1. The zero-order chi connectivity index (χ0) is 14.7. The zero-order valence-electron chi connectivity index (χ0n) is 12.4. The lowest BCUT2D eigenvalue weighted by molar-refractivity contribution is 0.825. The number of aryl methyl sites for hydroxylation is 1. The van der Waals surface area contributed by atoms with Gasteiger partial charge in [-0.15, -0.1) is 11.8 Å². The maximum atomic E-state index is 5.44. The van der Waals surface area contributed by atoms with Gasteiger partial charge >= 0.3 is 0 Å². The van der Waals surface area contributed by atoms with E-state index in [0.717, 1.165) is 28.4 Å². The monoisotopic (exact) mass is 304 g/mol. The summed E-state index contributed by atoms with van der Waals surface area (Å²) >= 11 is 7.28. The van der Waals surface area contributed by atoms with Crippen LogP contribution in [0.15, 0.2) is 29.2 Å². The lowest BCUT2D eigenvalue weighted by Gasteiger charge is -2.12. The van der Waals surface area contributed by atoms with E-state index in [-0.39, 0.29) is 0 Å². The van der Waals surface area contributed by atoms with Crippen molar-refractivity contribution in [3.05, 3.63) is 40.2 Å². The molecule has 0 unspecified atom stereocenters. The topological polar surface area (TPSA) is 28.7 Å². The lowest BCUT2D eigenvalue weighted by Crippen LogP contribution is -2.01. The Balaban J connectivity index is 2.41. The molecule has 0 bridgehead atoms. The van der Waals surface area contributed by atoms with Gasteiger partial charge in [0.1, 0.15) is 10.5 Å². The van der Waals surface area contributed by atoms with Gasteiger partial charge in [-0.3, -0.25) is 0 Å². The molecule has 0 aliphatic heterocycles. The highest BCUT2D eigenvalue weighted by Gasteiger charge is 2.10. The van der Waals surface area contributed by atoms with E-state index in [1.54, 1.807) is 0 Å². The molecule has 1 aromatic carbocycles. The van der Waals surface area contributed by atoms with E-state index < -0.39 is 0 Å². The number of hydrogen-bond acceptors (Lipinski definition) is 3. The molecule has 4 heteroatoms. The van der Waals surface area contributed by atoms with Crippen LogP contribution in [0, 0.1) is 11.6 Å². The number of nitrogens with one attached hydrogen (secondary N) is 1. The van der Waals surface area contributed by atoms with Crippen LogP contribution in [0.3, 0.4) is 0 Å². The van der Waals surface area contributed by atoms with Crippen LogP contribution in [0.25, 0.3) is 11.4 Å². The summed E-state index contributed by atoms with van der Waals surface area (Å²) in [7, 11) is 0. The first-order valence-corrected chi connectivity index (χ1v) is 8.26. The van der Waals surface area contributed by atoms with Crippen LogP contribution < -0.4 is 0 Å². The molecule has 20 heavy (non-hydrogen) atoms. The predicted molar refractivity (Wildman–Crippen MR) is 90.1 cm³/mol. The molecule has 0 fully saturated rings. The van der Waals surface area contributed by atoms with Crippen LogP contribution in [-0.4, -0.2) is 15.7 Å². The van der Waals surface area contributed by atoms with E-state index in [4.69, 9.17) is 12.2 Å². The Morgan fingerprint density at radius 3 is 2.40 bits per heavy atom. The molecule has 2 nitrogen and oxygen atoms in total. The predicted octanol–water partition coefficient (Wildman–Crippen LogP) is 5.35. The molecule has 0 aliphatic carbocycles. The van der Waals surface area contributed by atoms with Crippen molar-refractivity contribution < 1.29 is 0 Å². The first kappa shape index (κ1) is 15.3. The third-order valence-electron chi connectivity index (χ3n) is 3.17. The summed E-state index contributed by atoms with van der Waals surface area (Å²) in [6.45, 7) is 8.51. The molecule has 0 amide bonds. The number of aromatic amines is 1. The normalized spacial score (nSPS) is 11.1. The molecular weight excluding hydrogens is 284 g/mol. The number of benzene rings is 1. The van der Waals surface area contributed by atoms with Gasteiger partial charge in [0.25, 0.3) is 0 Å². The van der Waals surface area contributed by atoms with Gasteiger partial charge in [-0.05, 0) is 30.7 Å². The summed E-state index contributed by atoms with van der Waals surface area (Å²) in [6.07, 6.45) is 0. The Morgan fingerprint density at radius 2 is 1.90 bits per heavy atom. The number of hydrogen-bond donors (Lipinski definition) is 1. The second-order valence-electron chi connectivity index (χ2n) is 5.04. The number of rotatable bonds is 4. The fraction of sp³-hybridized carbons (Fsp3) is 0.375. The van der Waals surface area contributed by atoms with Crippen LogP contribution in [0.1, 0.15) is 37.9 Å². The van der Waals surface area contributed by atoms with E-state index >= 15 is 0 Å². The standard InChI is InChI=1S/C16H20N2S2/c1-5-20-13-8-6-12(7-9-13)15-17-11(4)14(10(2)3)16(19)18-15/h6-10H,5H2,1-4H3,(H,17,18,19). The van der Waals surface area contributed by atoms with Gasteiger partial charge in [0.05, 0.1) is 0 Å². The molecule has 0 saturated carbocycles. The molecule has 1 aromatic heterocycles. The van der Waals surface area contributed by atoms with Crippen LogP contribution in [0.2, 0.25) is 0 Å². The lowest BCUT2D eigenvalue weighted by atomic mass is 10.0. The highest BCUT2D eigenvalue weighted by molar-refractivity contribution is 7.99. The van der Waals surface area contributed by atoms with Crippen molar-refractivity contribution in [3.63, 3.8) is 0 Å². The van der Waals surface area contributed by atoms with Gasteiger partial charge in [-0.2, -0.15) is 0 Å². The molecule has 0 spiro atoms. The second kappa shape index (κ2) is 6.55. The average molecular weight is 304 g/mol. The molecule has 1 N–H and O–H groups in total. The van der Waals surface area contributed by atoms with Gasteiger partial charge in [0.15, 0.2) is 0 Å². The maximum absolute atomic E-state index is 5.44. The third kappa shape index (κ3) is 3.30. The summed E-state index contributed by atoms with van der Waals surface area (Å²) in [6, 6.07) is 8.46. The highest BCUT2D eigenvalue weighted by Crippen LogP contribution is 2.24. The first-order chi connectivity index (χ1) is 9.52. The quantitative estimate of drug-likeness (QED) is 0.609. The average Bonchev–Trinajstić information content (AvgIpc) is 2.38. The van der Waals surface area contributed by atoms with Crippen molar-refractivity contribution in [3.8, 4) is 11.4 Å². The number of nitrogens with zero attached hydrogens (tertiary/aromatic N) is 1. The minimum atomic E-state index is 0.392. The van der Waals surface area contributed by atoms with Crippen molar-refractivity contribution in [2.45, 2.75) is 38.5 Å². The summed E-state index contributed by atoms with van der Waals surface area (Å²) in [5, 5.41) is 0. The molecule has 0 atom stereocenters. The van der Waals surface area contributed by atoms with Crippen LogP contribution in [-0.2, 0) is 0 Å². The first-order valence-electron chi connectivity index (χ1n) is 6.87. The van der Waals surface area contributed by atoms with Crippen LogP contribution in [0.5, 0.6) is 0 Å².